The van der Waals surface area contributed by atoms with Crippen molar-refractivity contribution in [3.8, 4) is 0 Å². The fourth-order valence-corrected chi connectivity index (χ4v) is 2.25. The molecule has 0 spiro atoms. The average Bonchev–Trinajstić information content (AvgIpc) is 2.86. The van der Waals surface area contributed by atoms with Gasteiger partial charge in [-0.3, -0.25) is 0 Å². The molecule has 2 rings (SSSR count). The Morgan fingerprint density at radius 2 is 1.94 bits per heavy atom. The molecule has 3 nitrogen and oxygen atoms in total. The molecule has 0 fully saturated rings. The van der Waals surface area contributed by atoms with Gasteiger partial charge in [-0.25, -0.2) is 4.98 Å². The second-order valence-corrected chi connectivity index (χ2v) is 4.99. The van der Waals surface area contributed by atoms with E-state index in [1.54, 1.807) is 24.7 Å². The summed E-state index contributed by atoms with van der Waals surface area (Å²) < 4.78 is 1.99. The van der Waals surface area contributed by atoms with Gasteiger partial charge in [0.25, 0.3) is 0 Å². The van der Waals surface area contributed by atoms with Gasteiger partial charge in [0, 0.05) is 42.6 Å². The van der Waals surface area contributed by atoms with E-state index >= 15 is 0 Å². The fraction of sp³-hybridized carbons (Fsp3) is 0.250. The second kappa shape index (κ2) is 6.43. The van der Waals surface area contributed by atoms with Crippen molar-refractivity contribution in [2.75, 3.05) is 6.54 Å². The number of halogens is 3. The summed E-state index contributed by atoms with van der Waals surface area (Å²) >= 11 is 18.1. The highest BCUT2D eigenvalue weighted by Crippen LogP contribution is 2.31. The number of benzene rings is 1. The zero-order valence-corrected chi connectivity index (χ0v) is 11.8. The zero-order chi connectivity index (χ0) is 13.0. The largest absolute Gasteiger partial charge is 0.336 e. The van der Waals surface area contributed by atoms with Gasteiger partial charge in [0.2, 0.25) is 0 Å². The Hall–Kier alpha value is -0.740. The Bertz CT molecular complexity index is 512. The van der Waals surface area contributed by atoms with Crippen molar-refractivity contribution in [1.29, 1.82) is 0 Å². The number of imidazole rings is 1. The van der Waals surface area contributed by atoms with Crippen LogP contribution in [0.2, 0.25) is 15.1 Å². The van der Waals surface area contributed by atoms with Crippen molar-refractivity contribution in [3.05, 3.63) is 51.5 Å². The summed E-state index contributed by atoms with van der Waals surface area (Å²) in [7, 11) is 0. The lowest BCUT2D eigenvalue weighted by molar-refractivity contribution is 0.597. The van der Waals surface area contributed by atoms with Crippen molar-refractivity contribution in [2.45, 2.75) is 13.1 Å². The Balaban J connectivity index is 1.88. The minimum Gasteiger partial charge on any atom is -0.336 e. The molecular weight excluding hydrogens is 293 g/mol. The van der Waals surface area contributed by atoms with Gasteiger partial charge in [-0.1, -0.05) is 34.8 Å². The molecule has 1 aromatic heterocycles. The topological polar surface area (TPSA) is 29.9 Å². The first-order valence-corrected chi connectivity index (χ1v) is 6.60. The third-order valence-corrected chi connectivity index (χ3v) is 3.74. The number of nitrogens with one attached hydrogen (secondary N) is 1. The van der Waals surface area contributed by atoms with Crippen molar-refractivity contribution >= 4 is 34.8 Å². The molecular formula is C12H12Cl3N3. The van der Waals surface area contributed by atoms with Crippen LogP contribution in [0.4, 0.5) is 0 Å². The molecule has 96 valence electrons. The summed E-state index contributed by atoms with van der Waals surface area (Å²) in [5.41, 5.74) is 0.830. The minimum atomic E-state index is 0.513. The molecule has 0 aliphatic carbocycles. The van der Waals surface area contributed by atoms with Gasteiger partial charge in [0.05, 0.1) is 16.4 Å². The quantitative estimate of drug-likeness (QED) is 0.675. The molecule has 0 aliphatic rings. The average molecular weight is 305 g/mol. The molecule has 1 N–H and O–H groups in total. The van der Waals surface area contributed by atoms with Crippen LogP contribution in [0.5, 0.6) is 0 Å². The van der Waals surface area contributed by atoms with Gasteiger partial charge >= 0.3 is 0 Å². The van der Waals surface area contributed by atoms with Crippen LogP contribution >= 0.6 is 34.8 Å². The van der Waals surface area contributed by atoms with Crippen molar-refractivity contribution < 1.29 is 0 Å². The van der Waals surface area contributed by atoms with E-state index in [1.807, 2.05) is 10.8 Å². The number of hydrogen-bond acceptors (Lipinski definition) is 2. The summed E-state index contributed by atoms with van der Waals surface area (Å²) in [5.74, 6) is 0. The van der Waals surface area contributed by atoms with E-state index in [-0.39, 0.29) is 0 Å². The SMILES string of the molecule is Clc1ccc(Cl)c(CNCCn2ccnc2)c1Cl. The summed E-state index contributed by atoms with van der Waals surface area (Å²) in [6.07, 6.45) is 5.45. The van der Waals surface area contributed by atoms with Gasteiger partial charge in [-0.2, -0.15) is 0 Å². The number of aromatic nitrogens is 2. The van der Waals surface area contributed by atoms with Crippen LogP contribution < -0.4 is 5.32 Å². The highest BCUT2D eigenvalue weighted by Gasteiger charge is 2.08. The fourth-order valence-electron chi connectivity index (χ4n) is 1.57. The van der Waals surface area contributed by atoms with E-state index < -0.39 is 0 Å². The molecule has 0 atom stereocenters. The van der Waals surface area contributed by atoms with Crippen molar-refractivity contribution in [3.63, 3.8) is 0 Å². The van der Waals surface area contributed by atoms with E-state index in [9.17, 15) is 0 Å². The van der Waals surface area contributed by atoms with Gasteiger partial charge in [0.15, 0.2) is 0 Å². The first-order valence-electron chi connectivity index (χ1n) is 5.47. The lowest BCUT2D eigenvalue weighted by Crippen LogP contribution is -2.19. The summed E-state index contributed by atoms with van der Waals surface area (Å²) in [5, 5.41) is 4.93. The van der Waals surface area contributed by atoms with E-state index in [4.69, 9.17) is 34.8 Å². The van der Waals surface area contributed by atoms with Crippen LogP contribution in [0.25, 0.3) is 0 Å². The third kappa shape index (κ3) is 3.39. The van der Waals surface area contributed by atoms with E-state index in [2.05, 4.69) is 10.3 Å². The molecule has 6 heteroatoms. The Labute approximate surface area is 121 Å². The smallest absolute Gasteiger partial charge is 0.0946 e. The molecule has 0 aliphatic heterocycles. The van der Waals surface area contributed by atoms with Crippen molar-refractivity contribution in [1.82, 2.24) is 14.9 Å². The molecule has 0 saturated heterocycles. The number of hydrogen-bond donors (Lipinski definition) is 1. The predicted octanol–water partition coefficient (Wildman–Crippen LogP) is 3.63. The maximum Gasteiger partial charge on any atom is 0.0946 e. The first-order chi connectivity index (χ1) is 8.68. The summed E-state index contributed by atoms with van der Waals surface area (Å²) in [4.78, 5) is 3.97. The second-order valence-electron chi connectivity index (χ2n) is 3.80. The van der Waals surface area contributed by atoms with Crippen LogP contribution in [0.1, 0.15) is 5.56 Å². The van der Waals surface area contributed by atoms with Crippen molar-refractivity contribution in [2.24, 2.45) is 0 Å². The lowest BCUT2D eigenvalue weighted by Gasteiger charge is -2.10. The van der Waals surface area contributed by atoms with Gasteiger partial charge in [0.1, 0.15) is 0 Å². The highest BCUT2D eigenvalue weighted by atomic mass is 35.5. The van der Waals surface area contributed by atoms with E-state index in [0.717, 1.165) is 18.7 Å². The normalized spacial score (nSPS) is 10.8. The third-order valence-electron chi connectivity index (χ3n) is 2.55. The molecule has 18 heavy (non-hydrogen) atoms. The minimum absolute atomic E-state index is 0.513. The molecule has 1 heterocycles. The van der Waals surface area contributed by atoms with Crippen LogP contribution in [0.15, 0.2) is 30.9 Å². The maximum absolute atomic E-state index is 6.11. The Morgan fingerprint density at radius 3 is 2.67 bits per heavy atom. The van der Waals surface area contributed by atoms with Crippen LogP contribution in [-0.4, -0.2) is 16.1 Å². The molecule has 0 radical (unpaired) electrons. The first kappa shape index (κ1) is 13.7. The summed E-state index contributed by atoms with van der Waals surface area (Å²) in [6.45, 7) is 2.23. The maximum atomic E-state index is 6.11. The zero-order valence-electron chi connectivity index (χ0n) is 9.54. The Morgan fingerprint density at radius 1 is 1.17 bits per heavy atom. The molecule has 0 unspecified atom stereocenters. The van der Waals surface area contributed by atoms with Crippen LogP contribution in [-0.2, 0) is 13.1 Å². The number of nitrogens with zero attached hydrogens (tertiary/aromatic N) is 2. The van der Waals surface area contributed by atoms with E-state index in [1.165, 1.54) is 0 Å². The van der Waals surface area contributed by atoms with Gasteiger partial charge < -0.3 is 9.88 Å². The molecule has 0 bridgehead atoms. The number of rotatable bonds is 5. The lowest BCUT2D eigenvalue weighted by atomic mass is 10.2. The van der Waals surface area contributed by atoms with Crippen LogP contribution in [0.3, 0.4) is 0 Å². The standard InChI is InChI=1S/C12H12Cl3N3/c13-10-1-2-11(14)12(15)9(10)7-16-3-5-18-6-4-17-8-18/h1-2,4,6,8,16H,3,5,7H2. The van der Waals surface area contributed by atoms with E-state index in [0.29, 0.717) is 21.6 Å². The van der Waals surface area contributed by atoms with Crippen LogP contribution in [0, 0.1) is 0 Å². The summed E-state index contributed by atoms with van der Waals surface area (Å²) in [6, 6.07) is 3.45. The van der Waals surface area contributed by atoms with Gasteiger partial charge in [-0.05, 0) is 12.1 Å². The molecule has 0 saturated carbocycles. The highest BCUT2D eigenvalue weighted by molar-refractivity contribution is 6.44. The molecule has 1 aromatic carbocycles. The van der Waals surface area contributed by atoms with Gasteiger partial charge in [-0.15, -0.1) is 0 Å². The predicted molar refractivity (Wildman–Crippen MR) is 75.4 cm³/mol. The Kier molecular flexibility index (Phi) is 4.89. The molecule has 2 aromatic rings. The monoisotopic (exact) mass is 303 g/mol. The molecule has 0 amide bonds.